The molecule has 0 unspecified atom stereocenters. The predicted molar refractivity (Wildman–Crippen MR) is 121 cm³/mol. The van der Waals surface area contributed by atoms with Gasteiger partial charge in [-0.15, -0.1) is 0 Å². The quantitative estimate of drug-likeness (QED) is 0.763. The molecule has 1 aromatic heterocycles. The Hall–Kier alpha value is -2.83. The number of hydrogen-bond donors (Lipinski definition) is 2. The second-order valence-electron chi connectivity index (χ2n) is 9.53. The van der Waals surface area contributed by atoms with Crippen LogP contribution in [-0.2, 0) is 16.1 Å². The number of aromatic nitrogens is 1. The highest BCUT2D eigenvalue weighted by atomic mass is 16.6. The predicted octanol–water partition coefficient (Wildman–Crippen LogP) is 3.59. The van der Waals surface area contributed by atoms with Gasteiger partial charge in [0.05, 0.1) is 11.1 Å². The molecule has 1 aromatic carbocycles. The van der Waals surface area contributed by atoms with Gasteiger partial charge in [-0.1, -0.05) is 31.9 Å². The number of nitrogens with zero attached hydrogens (tertiary/aromatic N) is 1. The summed E-state index contributed by atoms with van der Waals surface area (Å²) in [5.74, 6) is 0.0689. The number of amides is 2. The van der Waals surface area contributed by atoms with Crippen molar-refractivity contribution >= 4 is 22.9 Å². The zero-order valence-corrected chi connectivity index (χ0v) is 18.9. The summed E-state index contributed by atoms with van der Waals surface area (Å²) in [5, 5.41) is 6.67. The first-order valence-corrected chi connectivity index (χ1v) is 11.0. The van der Waals surface area contributed by atoms with Crippen molar-refractivity contribution in [1.29, 1.82) is 0 Å². The number of hydrogen-bond acceptors (Lipinski definition) is 4. The number of benzene rings is 1. The monoisotopic (exact) mass is 427 g/mol. The Balaban J connectivity index is 1.76. The lowest BCUT2D eigenvalue weighted by Crippen LogP contribution is -2.61. The third-order valence-electron chi connectivity index (χ3n) is 5.99. The minimum atomic E-state index is -0.579. The van der Waals surface area contributed by atoms with Gasteiger partial charge in [0.25, 0.3) is 0 Å². The van der Waals surface area contributed by atoms with Gasteiger partial charge in [0.2, 0.25) is 5.91 Å². The topological polar surface area (TPSA) is 89.4 Å². The van der Waals surface area contributed by atoms with E-state index in [0.717, 1.165) is 31.2 Å². The van der Waals surface area contributed by atoms with E-state index in [1.165, 1.54) is 6.07 Å². The molecule has 1 aliphatic rings. The highest BCUT2D eigenvalue weighted by Crippen LogP contribution is 2.33. The van der Waals surface area contributed by atoms with E-state index in [0.29, 0.717) is 11.9 Å². The normalized spacial score (nSPS) is 21.5. The van der Waals surface area contributed by atoms with Crippen LogP contribution in [0.3, 0.4) is 0 Å². The molecule has 0 spiro atoms. The van der Waals surface area contributed by atoms with E-state index in [4.69, 9.17) is 4.74 Å². The molecule has 2 amide bonds. The largest absolute Gasteiger partial charge is 0.444 e. The van der Waals surface area contributed by atoms with Crippen LogP contribution in [0.4, 0.5) is 4.79 Å². The number of para-hydroxylation sites is 1. The summed E-state index contributed by atoms with van der Waals surface area (Å²) in [4.78, 5) is 37.4. The van der Waals surface area contributed by atoms with E-state index in [2.05, 4.69) is 17.6 Å². The first-order valence-electron chi connectivity index (χ1n) is 11.0. The van der Waals surface area contributed by atoms with E-state index < -0.39 is 17.2 Å². The van der Waals surface area contributed by atoms with Crippen molar-refractivity contribution in [3.05, 3.63) is 46.8 Å². The maximum atomic E-state index is 13.1. The van der Waals surface area contributed by atoms with Crippen LogP contribution < -0.4 is 16.1 Å². The average molecular weight is 428 g/mol. The Labute approximate surface area is 183 Å². The van der Waals surface area contributed by atoms with Crippen LogP contribution in [0, 0.1) is 5.92 Å². The summed E-state index contributed by atoms with van der Waals surface area (Å²) in [6.07, 6.45) is 5.04. The van der Waals surface area contributed by atoms with Crippen molar-refractivity contribution in [2.75, 3.05) is 6.54 Å². The molecule has 7 heteroatoms. The Morgan fingerprint density at radius 2 is 1.94 bits per heavy atom. The molecule has 31 heavy (non-hydrogen) atoms. The molecule has 0 bridgehead atoms. The van der Waals surface area contributed by atoms with E-state index in [1.54, 1.807) is 16.8 Å². The van der Waals surface area contributed by atoms with Gasteiger partial charge in [-0.2, -0.15) is 0 Å². The maximum Gasteiger partial charge on any atom is 0.407 e. The molecule has 3 rings (SSSR count). The number of rotatable bonds is 5. The van der Waals surface area contributed by atoms with Crippen molar-refractivity contribution < 1.29 is 14.3 Å². The molecule has 2 N–H and O–H groups in total. The second-order valence-corrected chi connectivity index (χ2v) is 9.53. The van der Waals surface area contributed by atoms with Gasteiger partial charge in [-0.25, -0.2) is 4.79 Å². The fourth-order valence-electron chi connectivity index (χ4n) is 4.32. The first kappa shape index (κ1) is 22.8. The number of carbonyl (C=O) groups is 2. The Kier molecular flexibility index (Phi) is 6.72. The molecule has 1 saturated carbocycles. The summed E-state index contributed by atoms with van der Waals surface area (Å²) < 4.78 is 7.16. The summed E-state index contributed by atoms with van der Waals surface area (Å²) in [6, 6.07) is 8.76. The van der Waals surface area contributed by atoms with Gasteiger partial charge in [0, 0.05) is 24.2 Å². The Morgan fingerprint density at radius 3 is 2.65 bits per heavy atom. The van der Waals surface area contributed by atoms with Crippen LogP contribution in [0.25, 0.3) is 10.9 Å². The lowest BCUT2D eigenvalue weighted by molar-refractivity contribution is -0.124. The fourth-order valence-corrected chi connectivity index (χ4v) is 4.32. The third-order valence-corrected chi connectivity index (χ3v) is 5.99. The molecule has 1 aliphatic carbocycles. The van der Waals surface area contributed by atoms with Crippen LogP contribution in [0.15, 0.2) is 41.3 Å². The average Bonchev–Trinajstić information content (AvgIpc) is 2.70. The first-order chi connectivity index (χ1) is 14.6. The summed E-state index contributed by atoms with van der Waals surface area (Å²) in [5.41, 5.74) is -0.445. The Morgan fingerprint density at radius 1 is 1.19 bits per heavy atom. The van der Waals surface area contributed by atoms with Crippen molar-refractivity contribution in [3.63, 3.8) is 0 Å². The molecular formula is C24H33N3O4. The summed E-state index contributed by atoms with van der Waals surface area (Å²) >= 11 is 0. The zero-order chi connectivity index (χ0) is 22.6. The number of fused-ring (bicyclic) bond motifs is 1. The van der Waals surface area contributed by atoms with E-state index >= 15 is 0 Å². The molecule has 0 saturated heterocycles. The highest BCUT2D eigenvalue weighted by Gasteiger charge is 2.40. The van der Waals surface area contributed by atoms with Crippen LogP contribution in [0.1, 0.15) is 53.4 Å². The van der Waals surface area contributed by atoms with Crippen molar-refractivity contribution in [1.82, 2.24) is 15.2 Å². The van der Waals surface area contributed by atoms with Gasteiger partial charge in [0.1, 0.15) is 12.1 Å². The number of nitrogens with one attached hydrogen (secondary N) is 2. The SMILES string of the molecule is C[C@H]1CCCC[C@@]1(CNC(=O)OC(C)(C)C)NC(=O)Cn1ccc(=O)c2ccccc21. The van der Waals surface area contributed by atoms with Crippen LogP contribution in [0.2, 0.25) is 0 Å². The zero-order valence-electron chi connectivity index (χ0n) is 18.9. The second kappa shape index (κ2) is 9.12. The third kappa shape index (κ3) is 5.66. The fraction of sp³-hybridized carbons (Fsp3) is 0.542. The van der Waals surface area contributed by atoms with Crippen LogP contribution >= 0.6 is 0 Å². The van der Waals surface area contributed by atoms with Gasteiger partial charge in [0.15, 0.2) is 5.43 Å². The summed E-state index contributed by atoms with van der Waals surface area (Å²) in [7, 11) is 0. The molecule has 1 fully saturated rings. The molecular weight excluding hydrogens is 394 g/mol. The van der Waals surface area contributed by atoms with Crippen molar-refractivity contribution in [2.45, 2.75) is 71.1 Å². The summed E-state index contributed by atoms with van der Waals surface area (Å²) in [6.45, 7) is 8.00. The number of pyridine rings is 1. The highest BCUT2D eigenvalue weighted by molar-refractivity contribution is 5.82. The van der Waals surface area contributed by atoms with E-state index in [1.807, 2.05) is 39.0 Å². The molecule has 1 heterocycles. The van der Waals surface area contributed by atoms with Crippen molar-refractivity contribution in [2.24, 2.45) is 5.92 Å². The van der Waals surface area contributed by atoms with Crippen LogP contribution in [0.5, 0.6) is 0 Å². The Bertz CT molecular complexity index is 1010. The number of carbonyl (C=O) groups excluding carboxylic acids is 2. The minimum Gasteiger partial charge on any atom is -0.444 e. The van der Waals surface area contributed by atoms with Gasteiger partial charge >= 0.3 is 6.09 Å². The molecule has 7 nitrogen and oxygen atoms in total. The van der Waals surface area contributed by atoms with E-state index in [9.17, 15) is 14.4 Å². The smallest absolute Gasteiger partial charge is 0.407 e. The van der Waals surface area contributed by atoms with Gasteiger partial charge < -0.3 is 19.9 Å². The molecule has 2 aromatic rings. The number of alkyl carbamates (subject to hydrolysis) is 1. The molecule has 0 radical (unpaired) electrons. The molecule has 168 valence electrons. The van der Waals surface area contributed by atoms with Gasteiger partial charge in [-0.05, 0) is 51.7 Å². The maximum absolute atomic E-state index is 13.1. The minimum absolute atomic E-state index is 0.0637. The molecule has 0 aliphatic heterocycles. The van der Waals surface area contributed by atoms with Crippen molar-refractivity contribution in [3.8, 4) is 0 Å². The lowest BCUT2D eigenvalue weighted by Gasteiger charge is -2.43. The standard InChI is InChI=1S/C24H33N3O4/c1-17-9-7-8-13-24(17,16-25-22(30)31-23(2,3)4)26-21(29)15-27-14-12-20(28)18-10-5-6-11-19(18)27/h5-6,10-12,14,17H,7-9,13,15-16H2,1-4H3,(H,25,30)(H,26,29)/t17-,24-/m0/s1. The van der Waals surface area contributed by atoms with Crippen LogP contribution in [-0.4, -0.2) is 34.3 Å². The lowest BCUT2D eigenvalue weighted by atomic mass is 9.73. The van der Waals surface area contributed by atoms with E-state index in [-0.39, 0.29) is 23.8 Å². The van der Waals surface area contributed by atoms with Gasteiger partial charge in [-0.3, -0.25) is 9.59 Å². The number of ether oxygens (including phenoxy) is 1. The molecule has 2 atom stereocenters.